The zero-order valence-corrected chi connectivity index (χ0v) is 22.3. The second-order valence-electron chi connectivity index (χ2n) is 11.4. The lowest BCUT2D eigenvalue weighted by atomic mass is 9.72. The van der Waals surface area contributed by atoms with E-state index >= 15 is 0 Å². The van der Waals surface area contributed by atoms with Crippen LogP contribution in [0.25, 0.3) is 0 Å². The van der Waals surface area contributed by atoms with Crippen molar-refractivity contribution in [2.75, 3.05) is 38.2 Å². The van der Waals surface area contributed by atoms with Crippen molar-refractivity contribution in [3.63, 3.8) is 0 Å². The van der Waals surface area contributed by atoms with Crippen LogP contribution in [-0.4, -0.2) is 69.9 Å². The summed E-state index contributed by atoms with van der Waals surface area (Å²) in [6.07, 6.45) is 4.98. The second kappa shape index (κ2) is 9.48. The van der Waals surface area contributed by atoms with Crippen LogP contribution in [0.2, 0.25) is 0 Å². The molecule has 39 heavy (non-hydrogen) atoms. The van der Waals surface area contributed by atoms with Crippen molar-refractivity contribution in [2.24, 2.45) is 5.92 Å². The first-order chi connectivity index (χ1) is 19.0. The Labute approximate surface area is 228 Å². The summed E-state index contributed by atoms with van der Waals surface area (Å²) < 4.78 is 7.97. The number of likely N-dealkylation sites (tertiary alicyclic amines) is 2. The van der Waals surface area contributed by atoms with Crippen molar-refractivity contribution < 1.29 is 14.3 Å². The molecule has 3 aromatic rings. The van der Waals surface area contributed by atoms with Crippen molar-refractivity contribution in [3.8, 4) is 5.75 Å². The standard InChI is InChI=1S/C30H34N6O3/c1-33-14-10-21(11-15-33)28(37)35-16-12-30-25-8-2-3-9-26(25)36(29(30)38)20-23-19-34(32-31-23)13-5-17-39-24-7-4-6-22(18-24)27(30)35/h2-4,6-9,18-19,21,27H,5,10-17,20H2,1H3/t27-,30-/m0/s1. The Morgan fingerprint density at radius 1 is 1.05 bits per heavy atom. The summed E-state index contributed by atoms with van der Waals surface area (Å²) >= 11 is 0. The van der Waals surface area contributed by atoms with Gasteiger partial charge in [0, 0.05) is 31.1 Å². The largest absolute Gasteiger partial charge is 0.494 e. The molecule has 0 unspecified atom stereocenters. The summed E-state index contributed by atoms with van der Waals surface area (Å²) in [4.78, 5) is 35.0. The Morgan fingerprint density at radius 2 is 1.90 bits per heavy atom. The van der Waals surface area contributed by atoms with Crippen LogP contribution in [0, 0.1) is 5.92 Å². The zero-order valence-electron chi connectivity index (χ0n) is 22.3. The van der Waals surface area contributed by atoms with E-state index in [1.54, 1.807) is 0 Å². The highest BCUT2D eigenvalue weighted by Crippen LogP contribution is 2.57. The van der Waals surface area contributed by atoms with Gasteiger partial charge in [-0.2, -0.15) is 0 Å². The first kappa shape index (κ1) is 24.3. The molecular weight excluding hydrogens is 492 g/mol. The van der Waals surface area contributed by atoms with E-state index in [0.29, 0.717) is 32.7 Å². The van der Waals surface area contributed by atoms with E-state index < -0.39 is 11.5 Å². The van der Waals surface area contributed by atoms with E-state index in [2.05, 4.69) is 34.4 Å². The zero-order chi connectivity index (χ0) is 26.6. The predicted octanol–water partition coefficient (Wildman–Crippen LogP) is 3.16. The number of carbonyl (C=O) groups excluding carboxylic acids is 2. The highest BCUT2D eigenvalue weighted by Gasteiger charge is 2.62. The number of rotatable bonds is 1. The van der Waals surface area contributed by atoms with E-state index in [1.165, 1.54) is 0 Å². The molecule has 1 aromatic heterocycles. The second-order valence-corrected chi connectivity index (χ2v) is 11.4. The highest BCUT2D eigenvalue weighted by atomic mass is 16.5. The van der Waals surface area contributed by atoms with Gasteiger partial charge in [0.05, 0.1) is 25.4 Å². The molecule has 9 nitrogen and oxygen atoms in total. The fourth-order valence-electron chi connectivity index (χ4n) is 7.11. The summed E-state index contributed by atoms with van der Waals surface area (Å²) in [7, 11) is 2.11. The number of amides is 2. The van der Waals surface area contributed by atoms with Crippen LogP contribution in [0.4, 0.5) is 5.69 Å². The summed E-state index contributed by atoms with van der Waals surface area (Å²) in [6.45, 7) is 3.96. The molecule has 0 N–H and O–H groups in total. The van der Waals surface area contributed by atoms with Crippen LogP contribution >= 0.6 is 0 Å². The lowest BCUT2D eigenvalue weighted by Gasteiger charge is -2.38. The van der Waals surface area contributed by atoms with Gasteiger partial charge < -0.3 is 19.4 Å². The molecule has 9 heteroatoms. The number of aromatic nitrogens is 3. The van der Waals surface area contributed by atoms with Crippen molar-refractivity contribution in [1.29, 1.82) is 0 Å². The molecule has 0 saturated carbocycles. The van der Waals surface area contributed by atoms with Crippen molar-refractivity contribution >= 4 is 17.5 Å². The molecule has 2 saturated heterocycles. The molecule has 5 heterocycles. The number of hydrogen-bond acceptors (Lipinski definition) is 6. The van der Waals surface area contributed by atoms with Gasteiger partial charge in [0.15, 0.2) is 0 Å². The molecule has 0 radical (unpaired) electrons. The van der Waals surface area contributed by atoms with E-state index in [9.17, 15) is 9.59 Å². The first-order valence-corrected chi connectivity index (χ1v) is 14.1. The lowest BCUT2D eigenvalue weighted by Crippen LogP contribution is -2.47. The van der Waals surface area contributed by atoms with Gasteiger partial charge >= 0.3 is 0 Å². The van der Waals surface area contributed by atoms with Crippen LogP contribution < -0.4 is 9.64 Å². The van der Waals surface area contributed by atoms with Gasteiger partial charge in [0.2, 0.25) is 11.8 Å². The third-order valence-electron chi connectivity index (χ3n) is 9.06. The maximum Gasteiger partial charge on any atom is 0.240 e. The van der Waals surface area contributed by atoms with Gasteiger partial charge in [0.25, 0.3) is 0 Å². The quantitative estimate of drug-likeness (QED) is 0.485. The molecular formula is C30H34N6O3. The molecule has 2 amide bonds. The van der Waals surface area contributed by atoms with Gasteiger partial charge in [-0.05, 0) is 68.7 Å². The Kier molecular flexibility index (Phi) is 5.91. The SMILES string of the molecule is CN1CCC(C(=O)N2CC[C@@]34C(=O)N(Cc5cn(nn5)CCCOc5cccc(c5)[C@H]23)c2ccccc24)CC1. The summed E-state index contributed by atoms with van der Waals surface area (Å²) in [5.74, 6) is 0.931. The average molecular weight is 527 g/mol. The number of ether oxygens (including phenoxy) is 1. The minimum absolute atomic E-state index is 0.0229. The molecule has 4 aliphatic rings. The smallest absolute Gasteiger partial charge is 0.240 e. The normalized spacial score (nSPS) is 25.5. The molecule has 6 bridgehead atoms. The van der Waals surface area contributed by atoms with Gasteiger partial charge in [-0.3, -0.25) is 14.3 Å². The van der Waals surface area contributed by atoms with Crippen LogP contribution in [0.1, 0.15) is 48.5 Å². The van der Waals surface area contributed by atoms with Crippen LogP contribution in [0.15, 0.2) is 54.7 Å². The molecule has 0 aliphatic carbocycles. The predicted molar refractivity (Wildman–Crippen MR) is 145 cm³/mol. The van der Waals surface area contributed by atoms with Crippen LogP contribution in [0.3, 0.4) is 0 Å². The lowest BCUT2D eigenvalue weighted by molar-refractivity contribution is -0.139. The fraction of sp³-hybridized carbons (Fsp3) is 0.467. The average Bonchev–Trinajstić information content (AvgIpc) is 3.64. The van der Waals surface area contributed by atoms with E-state index in [-0.39, 0.29) is 17.7 Å². The molecule has 2 aromatic carbocycles. The monoisotopic (exact) mass is 526 g/mol. The summed E-state index contributed by atoms with van der Waals surface area (Å²) in [5, 5.41) is 8.67. The number of nitrogens with zero attached hydrogens (tertiary/aromatic N) is 6. The van der Waals surface area contributed by atoms with Gasteiger partial charge in [0.1, 0.15) is 16.9 Å². The van der Waals surface area contributed by atoms with Crippen molar-refractivity contribution in [2.45, 2.75) is 50.2 Å². The molecule has 2 fully saturated rings. The van der Waals surface area contributed by atoms with E-state index in [4.69, 9.17) is 4.74 Å². The first-order valence-electron chi connectivity index (χ1n) is 14.1. The fourth-order valence-corrected chi connectivity index (χ4v) is 7.11. The van der Waals surface area contributed by atoms with E-state index in [0.717, 1.165) is 60.6 Å². The summed E-state index contributed by atoms with van der Waals surface area (Å²) in [5.41, 5.74) is 2.72. The highest BCUT2D eigenvalue weighted by molar-refractivity contribution is 6.09. The van der Waals surface area contributed by atoms with Crippen LogP contribution in [-0.2, 0) is 28.1 Å². The number of hydrogen-bond donors (Lipinski definition) is 0. The molecule has 202 valence electrons. The number of aryl methyl sites for hydroxylation is 1. The number of benzene rings is 2. The maximum absolute atomic E-state index is 14.7. The number of piperidine rings is 1. The minimum atomic E-state index is -0.869. The number of anilines is 1. The van der Waals surface area contributed by atoms with Gasteiger partial charge in [-0.1, -0.05) is 35.5 Å². The Hall–Kier alpha value is -3.72. The minimum Gasteiger partial charge on any atom is -0.494 e. The van der Waals surface area contributed by atoms with Crippen molar-refractivity contribution in [3.05, 3.63) is 71.5 Å². The Bertz CT molecular complexity index is 1410. The maximum atomic E-state index is 14.7. The van der Waals surface area contributed by atoms with Crippen LogP contribution in [0.5, 0.6) is 5.75 Å². The van der Waals surface area contributed by atoms with E-state index in [1.807, 2.05) is 57.1 Å². The van der Waals surface area contributed by atoms with Gasteiger partial charge in [-0.25, -0.2) is 0 Å². The number of carbonyl (C=O) groups is 2. The summed E-state index contributed by atoms with van der Waals surface area (Å²) in [6, 6.07) is 15.7. The Balaban J connectivity index is 1.37. The number of fused-ring (bicyclic) bond motifs is 8. The molecule has 1 spiro atoms. The van der Waals surface area contributed by atoms with Crippen molar-refractivity contribution in [1.82, 2.24) is 24.8 Å². The third-order valence-corrected chi connectivity index (χ3v) is 9.06. The molecule has 7 rings (SSSR count). The Morgan fingerprint density at radius 3 is 2.77 bits per heavy atom. The number of para-hydroxylation sites is 1. The topological polar surface area (TPSA) is 83.8 Å². The van der Waals surface area contributed by atoms with Gasteiger partial charge in [-0.15, -0.1) is 5.10 Å². The molecule has 4 aliphatic heterocycles. The third kappa shape index (κ3) is 3.93. The molecule has 2 atom stereocenters.